The fourth-order valence-electron chi connectivity index (χ4n) is 6.48. The van der Waals surface area contributed by atoms with Crippen molar-refractivity contribution >= 4 is 11.6 Å². The van der Waals surface area contributed by atoms with E-state index < -0.39 is 11.0 Å². The molecule has 0 rings (SSSR count). The van der Waals surface area contributed by atoms with Crippen molar-refractivity contribution in [3.8, 4) is 0 Å². The number of alkyl halides is 1. The lowest BCUT2D eigenvalue weighted by Gasteiger charge is -2.30. The molecular formula is C39H82ClNO. The zero-order valence-corrected chi connectivity index (χ0v) is 30.4. The SMILES string of the molecule is CCCCCCCCCCCCCCCCCCC(Cl)(CCCCCCCCCCCCCCCCCC)C(C)O.N. The maximum absolute atomic E-state index is 10.4. The molecule has 0 aromatic rings. The third-order valence-electron chi connectivity index (χ3n) is 9.64. The highest BCUT2D eigenvalue weighted by atomic mass is 35.5. The van der Waals surface area contributed by atoms with Crippen LogP contribution in [-0.4, -0.2) is 16.1 Å². The maximum Gasteiger partial charge on any atom is 0.0703 e. The van der Waals surface area contributed by atoms with Crippen LogP contribution in [0, 0.1) is 0 Å². The molecule has 0 radical (unpaired) electrons. The lowest BCUT2D eigenvalue weighted by atomic mass is 9.89. The fraction of sp³-hybridized carbons (Fsp3) is 1.00. The van der Waals surface area contributed by atoms with Gasteiger partial charge >= 0.3 is 0 Å². The van der Waals surface area contributed by atoms with Gasteiger partial charge in [-0.15, -0.1) is 11.6 Å². The first kappa shape index (κ1) is 44.3. The van der Waals surface area contributed by atoms with Crippen LogP contribution in [0.4, 0.5) is 0 Å². The molecule has 42 heavy (non-hydrogen) atoms. The highest BCUT2D eigenvalue weighted by Gasteiger charge is 2.31. The number of rotatable bonds is 35. The van der Waals surface area contributed by atoms with Gasteiger partial charge in [-0.05, 0) is 19.8 Å². The van der Waals surface area contributed by atoms with Crippen molar-refractivity contribution in [2.75, 3.05) is 0 Å². The van der Waals surface area contributed by atoms with Crippen LogP contribution in [0.3, 0.4) is 0 Å². The van der Waals surface area contributed by atoms with E-state index in [2.05, 4.69) is 13.8 Å². The van der Waals surface area contributed by atoms with Crippen molar-refractivity contribution in [1.82, 2.24) is 6.15 Å². The van der Waals surface area contributed by atoms with E-state index in [0.29, 0.717) is 0 Å². The Labute approximate surface area is 272 Å². The molecule has 0 fully saturated rings. The molecule has 2 nitrogen and oxygen atoms in total. The summed E-state index contributed by atoms with van der Waals surface area (Å²) in [6.45, 7) is 6.50. The monoisotopic (exact) mass is 616 g/mol. The molecule has 0 aliphatic heterocycles. The summed E-state index contributed by atoms with van der Waals surface area (Å²) in [7, 11) is 0. The zero-order valence-electron chi connectivity index (χ0n) is 29.7. The molecule has 0 aromatic carbocycles. The smallest absolute Gasteiger partial charge is 0.0703 e. The Morgan fingerprint density at radius 1 is 0.381 bits per heavy atom. The van der Waals surface area contributed by atoms with Gasteiger partial charge in [0.25, 0.3) is 0 Å². The molecule has 0 saturated carbocycles. The fourth-order valence-corrected chi connectivity index (χ4v) is 6.74. The van der Waals surface area contributed by atoms with Crippen LogP contribution < -0.4 is 6.15 Å². The Morgan fingerprint density at radius 3 is 0.714 bits per heavy atom. The second kappa shape index (κ2) is 35.7. The first-order valence-electron chi connectivity index (χ1n) is 19.4. The average Bonchev–Trinajstić information content (AvgIpc) is 2.96. The quantitative estimate of drug-likeness (QED) is 0.0550. The van der Waals surface area contributed by atoms with E-state index in [4.69, 9.17) is 11.6 Å². The van der Waals surface area contributed by atoms with Crippen LogP contribution in [0.1, 0.15) is 239 Å². The highest BCUT2D eigenvalue weighted by Crippen LogP contribution is 2.33. The molecule has 1 unspecified atom stereocenters. The summed E-state index contributed by atoms with van der Waals surface area (Å²) in [5.41, 5.74) is 0. The van der Waals surface area contributed by atoms with Gasteiger partial charge < -0.3 is 11.3 Å². The van der Waals surface area contributed by atoms with Gasteiger partial charge in [-0.3, -0.25) is 0 Å². The number of aliphatic hydroxyl groups excluding tert-OH is 1. The Morgan fingerprint density at radius 2 is 0.548 bits per heavy atom. The average molecular weight is 617 g/mol. The molecule has 1 atom stereocenters. The molecule has 0 bridgehead atoms. The topological polar surface area (TPSA) is 55.2 Å². The molecule has 0 heterocycles. The van der Waals surface area contributed by atoms with Crippen LogP contribution >= 0.6 is 11.6 Å². The maximum atomic E-state index is 10.4. The van der Waals surface area contributed by atoms with Crippen molar-refractivity contribution < 1.29 is 5.11 Å². The number of aliphatic hydroxyl groups is 1. The Hall–Kier alpha value is 0.210. The second-order valence-corrected chi connectivity index (χ2v) is 14.6. The Balaban J connectivity index is 0. The minimum Gasteiger partial charge on any atom is -0.392 e. The summed E-state index contributed by atoms with van der Waals surface area (Å²) in [5, 5.41) is 10.4. The van der Waals surface area contributed by atoms with Gasteiger partial charge in [0.15, 0.2) is 0 Å². The number of hydrogen-bond donors (Lipinski definition) is 2. The van der Waals surface area contributed by atoms with Gasteiger partial charge in [0.2, 0.25) is 0 Å². The zero-order chi connectivity index (χ0) is 30.1. The second-order valence-electron chi connectivity index (χ2n) is 13.8. The number of halogens is 1. The number of unbranched alkanes of at least 4 members (excludes halogenated alkanes) is 30. The van der Waals surface area contributed by atoms with E-state index in [-0.39, 0.29) is 6.15 Å². The Kier molecular flexibility index (Phi) is 37.7. The van der Waals surface area contributed by atoms with E-state index in [1.54, 1.807) is 0 Å². The van der Waals surface area contributed by atoms with Crippen molar-refractivity contribution in [1.29, 1.82) is 0 Å². The van der Waals surface area contributed by atoms with Gasteiger partial charge in [0, 0.05) is 0 Å². The third kappa shape index (κ3) is 31.6. The minimum absolute atomic E-state index is 0. The summed E-state index contributed by atoms with van der Waals surface area (Å²) >= 11 is 6.95. The first-order valence-corrected chi connectivity index (χ1v) is 19.8. The normalized spacial score (nSPS) is 12.5. The molecule has 0 aromatic heterocycles. The van der Waals surface area contributed by atoms with E-state index >= 15 is 0 Å². The van der Waals surface area contributed by atoms with Gasteiger partial charge in [-0.25, -0.2) is 0 Å². The first-order chi connectivity index (χ1) is 20.1. The number of hydrogen-bond acceptors (Lipinski definition) is 2. The predicted molar refractivity (Wildman–Crippen MR) is 194 cm³/mol. The summed E-state index contributed by atoms with van der Waals surface area (Å²) in [6, 6.07) is 0. The summed E-state index contributed by atoms with van der Waals surface area (Å²) in [6.07, 6.45) is 46.2. The molecule has 0 aliphatic carbocycles. The highest BCUT2D eigenvalue weighted by molar-refractivity contribution is 6.24. The summed E-state index contributed by atoms with van der Waals surface area (Å²) in [4.78, 5) is -0.397. The summed E-state index contributed by atoms with van der Waals surface area (Å²) < 4.78 is 0. The molecule has 256 valence electrons. The Bertz CT molecular complexity index is 447. The van der Waals surface area contributed by atoms with Crippen LogP contribution in [0.2, 0.25) is 0 Å². The van der Waals surface area contributed by atoms with Crippen LogP contribution in [0.15, 0.2) is 0 Å². The van der Waals surface area contributed by atoms with Gasteiger partial charge in [-0.2, -0.15) is 0 Å². The predicted octanol–water partition coefficient (Wildman–Crippen LogP) is 14.8. The standard InChI is InChI=1S/C39H79ClO.H3N/c1-4-6-8-10-12-14-16-18-20-22-24-26-28-30-32-34-36-39(40,38(3)41)37-35-33-31-29-27-25-23-21-19-17-15-13-11-9-7-5-2;/h38,41H,4-37H2,1-3H3;1H3. The van der Waals surface area contributed by atoms with Crippen molar-refractivity contribution in [3.05, 3.63) is 0 Å². The molecule has 4 N–H and O–H groups in total. The van der Waals surface area contributed by atoms with E-state index in [1.807, 2.05) is 6.92 Å². The van der Waals surface area contributed by atoms with Gasteiger partial charge in [0.05, 0.1) is 11.0 Å². The molecular weight excluding hydrogens is 534 g/mol. The lowest BCUT2D eigenvalue weighted by molar-refractivity contribution is 0.128. The third-order valence-corrected chi connectivity index (χ3v) is 10.3. The molecule has 0 aliphatic rings. The van der Waals surface area contributed by atoms with E-state index in [9.17, 15) is 5.11 Å². The van der Waals surface area contributed by atoms with E-state index in [1.165, 1.54) is 205 Å². The summed E-state index contributed by atoms with van der Waals surface area (Å²) in [5.74, 6) is 0. The van der Waals surface area contributed by atoms with Crippen LogP contribution in [0.5, 0.6) is 0 Å². The van der Waals surface area contributed by atoms with Crippen molar-refractivity contribution in [2.24, 2.45) is 0 Å². The lowest BCUT2D eigenvalue weighted by Crippen LogP contribution is -2.34. The van der Waals surface area contributed by atoms with Gasteiger partial charge in [0.1, 0.15) is 0 Å². The van der Waals surface area contributed by atoms with Crippen LogP contribution in [-0.2, 0) is 0 Å². The minimum atomic E-state index is -0.406. The molecule has 0 spiro atoms. The van der Waals surface area contributed by atoms with Crippen LogP contribution in [0.25, 0.3) is 0 Å². The molecule has 0 amide bonds. The van der Waals surface area contributed by atoms with Crippen molar-refractivity contribution in [2.45, 2.75) is 250 Å². The van der Waals surface area contributed by atoms with Crippen molar-refractivity contribution in [3.63, 3.8) is 0 Å². The van der Waals surface area contributed by atoms with E-state index in [0.717, 1.165) is 12.8 Å². The van der Waals surface area contributed by atoms with Gasteiger partial charge in [-0.1, -0.05) is 219 Å². The largest absolute Gasteiger partial charge is 0.392 e. The molecule has 0 saturated heterocycles. The molecule has 3 heteroatoms.